The van der Waals surface area contributed by atoms with Crippen LogP contribution >= 0.6 is 0 Å². The van der Waals surface area contributed by atoms with Crippen LogP contribution in [0.2, 0.25) is 0 Å². The molecule has 0 bridgehead atoms. The van der Waals surface area contributed by atoms with E-state index in [4.69, 9.17) is 10.5 Å². The number of pyridine rings is 1. The summed E-state index contributed by atoms with van der Waals surface area (Å²) in [6, 6.07) is 21.3. The molecule has 0 aliphatic rings. The average Bonchev–Trinajstić information content (AvgIpc) is 2.93. The fourth-order valence-electron chi connectivity index (χ4n) is 3.43. The average molecular weight is 504 g/mol. The van der Waals surface area contributed by atoms with E-state index < -0.39 is 18.2 Å². The first-order valence-electron chi connectivity index (χ1n) is 12.2. The lowest BCUT2D eigenvalue weighted by Crippen LogP contribution is -2.50. The summed E-state index contributed by atoms with van der Waals surface area (Å²) in [7, 11) is 0. The summed E-state index contributed by atoms with van der Waals surface area (Å²) < 4.78 is 5.17. The SMILES string of the molecule is CC(NC(=O)C(N)CCc1ccccc1)C(=O)NCc1ccc(CNC(=O)OCc2ccccc2)nc1. The zero-order valence-electron chi connectivity index (χ0n) is 20.9. The summed E-state index contributed by atoms with van der Waals surface area (Å²) in [5.74, 6) is -0.685. The van der Waals surface area contributed by atoms with Crippen LogP contribution in [0.4, 0.5) is 4.79 Å². The number of hydrogen-bond donors (Lipinski definition) is 4. The topological polar surface area (TPSA) is 135 Å². The maximum Gasteiger partial charge on any atom is 0.407 e. The number of nitrogens with two attached hydrogens (primary N) is 1. The molecule has 0 saturated carbocycles. The van der Waals surface area contributed by atoms with Crippen LogP contribution in [0.15, 0.2) is 79.0 Å². The molecule has 5 N–H and O–H groups in total. The number of nitrogens with zero attached hydrogens (tertiary/aromatic N) is 1. The first-order chi connectivity index (χ1) is 17.9. The minimum atomic E-state index is -0.728. The van der Waals surface area contributed by atoms with Gasteiger partial charge in [-0.25, -0.2) is 4.79 Å². The number of benzene rings is 2. The molecule has 1 heterocycles. The van der Waals surface area contributed by atoms with Crippen LogP contribution in [0.5, 0.6) is 0 Å². The first kappa shape index (κ1) is 27.3. The first-order valence-corrected chi connectivity index (χ1v) is 12.2. The van der Waals surface area contributed by atoms with E-state index in [1.807, 2.05) is 66.7 Å². The summed E-state index contributed by atoms with van der Waals surface area (Å²) in [6.45, 7) is 2.27. The van der Waals surface area contributed by atoms with E-state index in [1.165, 1.54) is 0 Å². The monoisotopic (exact) mass is 503 g/mol. The molecular weight excluding hydrogens is 470 g/mol. The molecule has 9 heteroatoms. The Labute approximate surface area is 216 Å². The van der Waals surface area contributed by atoms with Gasteiger partial charge in [-0.15, -0.1) is 0 Å². The molecule has 0 saturated heterocycles. The van der Waals surface area contributed by atoms with Gasteiger partial charge < -0.3 is 26.4 Å². The number of aromatic nitrogens is 1. The van der Waals surface area contributed by atoms with Gasteiger partial charge in [0.2, 0.25) is 11.8 Å². The van der Waals surface area contributed by atoms with Crippen LogP contribution in [0.25, 0.3) is 0 Å². The molecule has 0 spiro atoms. The van der Waals surface area contributed by atoms with Crippen molar-refractivity contribution in [1.82, 2.24) is 20.9 Å². The third-order valence-electron chi connectivity index (χ3n) is 5.65. The van der Waals surface area contributed by atoms with E-state index in [1.54, 1.807) is 19.2 Å². The largest absolute Gasteiger partial charge is 0.445 e. The van der Waals surface area contributed by atoms with Crippen molar-refractivity contribution >= 4 is 17.9 Å². The molecule has 0 aliphatic carbocycles. The summed E-state index contributed by atoms with van der Waals surface area (Å²) >= 11 is 0. The van der Waals surface area contributed by atoms with Crippen LogP contribution in [0, 0.1) is 0 Å². The minimum absolute atomic E-state index is 0.192. The maximum absolute atomic E-state index is 12.4. The molecule has 1 aromatic heterocycles. The highest BCUT2D eigenvalue weighted by atomic mass is 16.5. The third-order valence-corrected chi connectivity index (χ3v) is 5.65. The van der Waals surface area contributed by atoms with Crippen LogP contribution in [0.3, 0.4) is 0 Å². The van der Waals surface area contributed by atoms with Gasteiger partial charge in [-0.2, -0.15) is 0 Å². The lowest BCUT2D eigenvalue weighted by atomic mass is 10.1. The van der Waals surface area contributed by atoms with E-state index in [0.717, 1.165) is 16.7 Å². The van der Waals surface area contributed by atoms with Gasteiger partial charge in [-0.3, -0.25) is 14.6 Å². The van der Waals surface area contributed by atoms with Gasteiger partial charge in [-0.05, 0) is 42.5 Å². The molecule has 9 nitrogen and oxygen atoms in total. The number of rotatable bonds is 12. The van der Waals surface area contributed by atoms with Crippen molar-refractivity contribution in [2.45, 2.75) is 51.5 Å². The molecule has 0 radical (unpaired) electrons. The highest BCUT2D eigenvalue weighted by Gasteiger charge is 2.20. The Morgan fingerprint density at radius 1 is 0.838 bits per heavy atom. The highest BCUT2D eigenvalue weighted by molar-refractivity contribution is 5.89. The van der Waals surface area contributed by atoms with Gasteiger partial charge >= 0.3 is 6.09 Å². The second-order valence-corrected chi connectivity index (χ2v) is 8.65. The minimum Gasteiger partial charge on any atom is -0.445 e. The second-order valence-electron chi connectivity index (χ2n) is 8.65. The van der Waals surface area contributed by atoms with E-state index in [2.05, 4.69) is 20.9 Å². The van der Waals surface area contributed by atoms with Crippen molar-refractivity contribution in [1.29, 1.82) is 0 Å². The van der Waals surface area contributed by atoms with Gasteiger partial charge in [0, 0.05) is 12.7 Å². The summed E-state index contributed by atoms with van der Waals surface area (Å²) in [6.07, 6.45) is 2.26. The van der Waals surface area contributed by atoms with E-state index >= 15 is 0 Å². The van der Waals surface area contributed by atoms with Crippen LogP contribution in [-0.2, 0) is 40.4 Å². The number of carbonyl (C=O) groups excluding carboxylic acids is 3. The number of carbonyl (C=O) groups is 3. The van der Waals surface area contributed by atoms with E-state index in [9.17, 15) is 14.4 Å². The number of aryl methyl sites for hydroxylation is 1. The van der Waals surface area contributed by atoms with Gasteiger partial charge in [0.1, 0.15) is 12.6 Å². The van der Waals surface area contributed by atoms with Crippen molar-refractivity contribution < 1.29 is 19.1 Å². The summed E-state index contributed by atoms with van der Waals surface area (Å²) in [4.78, 5) is 40.9. The molecule has 0 aliphatic heterocycles. The molecule has 3 aromatic rings. The predicted octanol–water partition coefficient (Wildman–Crippen LogP) is 2.59. The molecule has 37 heavy (non-hydrogen) atoms. The Bertz CT molecular complexity index is 1140. The predicted molar refractivity (Wildman–Crippen MR) is 140 cm³/mol. The molecule has 2 aromatic carbocycles. The molecular formula is C28H33N5O4. The fourth-order valence-corrected chi connectivity index (χ4v) is 3.43. The van der Waals surface area contributed by atoms with Gasteiger partial charge in [-0.1, -0.05) is 66.7 Å². The summed E-state index contributed by atoms with van der Waals surface area (Å²) in [5, 5.41) is 8.10. The molecule has 3 amide bonds. The zero-order valence-corrected chi connectivity index (χ0v) is 20.9. The van der Waals surface area contributed by atoms with Crippen molar-refractivity contribution in [2.75, 3.05) is 0 Å². The Hall–Kier alpha value is -4.24. The molecule has 3 rings (SSSR count). The van der Waals surface area contributed by atoms with Gasteiger partial charge in [0.05, 0.1) is 18.3 Å². The Balaban J connectivity index is 1.33. The van der Waals surface area contributed by atoms with Gasteiger partial charge in [0.15, 0.2) is 0 Å². The van der Waals surface area contributed by atoms with Crippen molar-refractivity contribution in [3.8, 4) is 0 Å². The Morgan fingerprint density at radius 3 is 2.16 bits per heavy atom. The quantitative estimate of drug-likeness (QED) is 0.300. The third kappa shape index (κ3) is 9.73. The molecule has 0 fully saturated rings. The number of nitrogens with one attached hydrogen (secondary N) is 3. The molecule has 194 valence electrons. The van der Waals surface area contributed by atoms with Crippen LogP contribution < -0.4 is 21.7 Å². The Morgan fingerprint density at radius 2 is 1.51 bits per heavy atom. The van der Waals surface area contributed by atoms with E-state index in [-0.39, 0.29) is 31.5 Å². The second kappa shape index (κ2) is 14.4. The number of alkyl carbamates (subject to hydrolysis) is 1. The molecule has 2 atom stereocenters. The zero-order chi connectivity index (χ0) is 26.5. The fraction of sp³-hybridized carbons (Fsp3) is 0.286. The smallest absolute Gasteiger partial charge is 0.407 e. The van der Waals surface area contributed by atoms with Crippen LogP contribution in [0.1, 0.15) is 35.7 Å². The van der Waals surface area contributed by atoms with Crippen molar-refractivity contribution in [3.05, 3.63) is 101 Å². The Kier molecular flexibility index (Phi) is 10.6. The summed E-state index contributed by atoms with van der Waals surface area (Å²) in [5.41, 5.74) is 9.43. The number of amides is 3. The van der Waals surface area contributed by atoms with E-state index in [0.29, 0.717) is 18.5 Å². The molecule has 2 unspecified atom stereocenters. The number of hydrogen-bond acceptors (Lipinski definition) is 6. The number of ether oxygens (including phenoxy) is 1. The maximum atomic E-state index is 12.4. The van der Waals surface area contributed by atoms with Crippen molar-refractivity contribution in [3.63, 3.8) is 0 Å². The highest BCUT2D eigenvalue weighted by Crippen LogP contribution is 2.05. The normalized spacial score (nSPS) is 12.2. The lowest BCUT2D eigenvalue weighted by Gasteiger charge is -2.17. The van der Waals surface area contributed by atoms with Crippen molar-refractivity contribution in [2.24, 2.45) is 5.73 Å². The van der Waals surface area contributed by atoms with Crippen LogP contribution in [-0.4, -0.2) is 35.0 Å². The van der Waals surface area contributed by atoms with Gasteiger partial charge in [0.25, 0.3) is 0 Å². The standard InChI is InChI=1S/C28H33N5O4/c1-20(33-27(35)25(29)15-13-21-8-4-2-5-9-21)26(34)31-17-23-12-14-24(30-16-23)18-32-28(36)37-19-22-10-6-3-7-11-22/h2-12,14,16,20,25H,13,15,17-19,29H2,1H3,(H,31,34)(H,32,36)(H,33,35). The lowest BCUT2D eigenvalue weighted by molar-refractivity contribution is -0.129.